The van der Waals surface area contributed by atoms with Crippen LogP contribution in [0, 0.1) is 0 Å². The fraction of sp³-hybridized carbons (Fsp3) is 0.409. The predicted octanol–water partition coefficient (Wildman–Crippen LogP) is 3.76. The van der Waals surface area contributed by atoms with Crippen molar-refractivity contribution in [3.05, 3.63) is 48.2 Å². The Morgan fingerprint density at radius 3 is 2.81 bits per heavy atom. The summed E-state index contributed by atoms with van der Waals surface area (Å²) in [7, 11) is 6.14. The van der Waals surface area contributed by atoms with E-state index in [2.05, 4.69) is 64.4 Å². The number of nitrogens with zero attached hydrogens (tertiary/aromatic N) is 3. The Labute approximate surface area is 160 Å². The summed E-state index contributed by atoms with van der Waals surface area (Å²) in [6.07, 6.45) is 4.57. The van der Waals surface area contributed by atoms with Crippen molar-refractivity contribution in [3.63, 3.8) is 0 Å². The molecule has 5 nitrogen and oxygen atoms in total. The number of aromatic nitrogens is 2. The first-order valence-corrected chi connectivity index (χ1v) is 9.63. The molecule has 1 aliphatic heterocycles. The van der Waals surface area contributed by atoms with E-state index in [1.807, 2.05) is 12.3 Å². The molecule has 1 atom stereocenters. The predicted molar refractivity (Wildman–Crippen MR) is 110 cm³/mol. The van der Waals surface area contributed by atoms with Crippen LogP contribution in [-0.4, -0.2) is 60.3 Å². The lowest BCUT2D eigenvalue weighted by atomic mass is 10.0. The monoisotopic (exact) mass is 364 g/mol. The molecule has 2 heterocycles. The van der Waals surface area contributed by atoms with Gasteiger partial charge in [0.15, 0.2) is 0 Å². The van der Waals surface area contributed by atoms with Crippen LogP contribution in [0.2, 0.25) is 0 Å². The maximum absolute atomic E-state index is 5.32. The van der Waals surface area contributed by atoms with Gasteiger partial charge in [0.2, 0.25) is 0 Å². The Balaban J connectivity index is 1.53. The summed E-state index contributed by atoms with van der Waals surface area (Å²) >= 11 is 0. The van der Waals surface area contributed by atoms with Gasteiger partial charge in [-0.3, -0.25) is 5.10 Å². The first-order valence-electron chi connectivity index (χ1n) is 9.63. The molecule has 3 aromatic rings. The zero-order valence-corrected chi connectivity index (χ0v) is 16.4. The molecule has 142 valence electrons. The molecule has 2 aromatic carbocycles. The molecule has 0 amide bonds. The summed E-state index contributed by atoms with van der Waals surface area (Å²) in [5.74, 6) is 0.885. The molecule has 1 aliphatic rings. The van der Waals surface area contributed by atoms with E-state index < -0.39 is 0 Å². The number of H-pyrrole nitrogens is 1. The van der Waals surface area contributed by atoms with Crippen LogP contribution in [0.25, 0.3) is 22.0 Å². The molecule has 0 bridgehead atoms. The first-order chi connectivity index (χ1) is 13.1. The highest BCUT2D eigenvalue weighted by molar-refractivity contribution is 5.88. The van der Waals surface area contributed by atoms with Crippen LogP contribution >= 0.6 is 0 Å². The number of ether oxygens (including phenoxy) is 1. The van der Waals surface area contributed by atoms with E-state index in [0.29, 0.717) is 6.04 Å². The van der Waals surface area contributed by atoms with Gasteiger partial charge in [-0.25, -0.2) is 0 Å². The van der Waals surface area contributed by atoms with Gasteiger partial charge in [0.1, 0.15) is 5.75 Å². The molecule has 0 unspecified atom stereocenters. The summed E-state index contributed by atoms with van der Waals surface area (Å²) in [5, 5.41) is 9.91. The average Bonchev–Trinajstić information content (AvgIpc) is 3.30. The van der Waals surface area contributed by atoms with Crippen molar-refractivity contribution < 1.29 is 4.74 Å². The number of hydrogen-bond donors (Lipinski definition) is 1. The number of rotatable bonds is 6. The summed E-state index contributed by atoms with van der Waals surface area (Å²) < 4.78 is 5.32. The number of nitrogens with one attached hydrogen (secondary N) is 1. The van der Waals surface area contributed by atoms with E-state index in [4.69, 9.17) is 4.74 Å². The van der Waals surface area contributed by atoms with Crippen molar-refractivity contribution in [1.82, 2.24) is 20.0 Å². The standard InChI is InChI=1S/C22H28N4O/c1-25(15-20-5-4-10-26(20)2)14-19-13-23-24-22(19)18-7-6-17-12-21(27-3)9-8-16(17)11-18/h6-9,11-13,20H,4-5,10,14-15H2,1-3H3,(H,23,24)/t20-/m0/s1. The minimum absolute atomic E-state index is 0.668. The minimum Gasteiger partial charge on any atom is -0.497 e. The number of likely N-dealkylation sites (N-methyl/N-ethyl adjacent to an activating group) is 2. The van der Waals surface area contributed by atoms with Gasteiger partial charge in [-0.2, -0.15) is 5.10 Å². The van der Waals surface area contributed by atoms with Crippen molar-refractivity contribution in [2.45, 2.75) is 25.4 Å². The second-order valence-corrected chi connectivity index (χ2v) is 7.67. The zero-order valence-electron chi connectivity index (χ0n) is 16.4. The zero-order chi connectivity index (χ0) is 18.8. The van der Waals surface area contributed by atoms with Crippen LogP contribution in [-0.2, 0) is 6.54 Å². The summed E-state index contributed by atoms with van der Waals surface area (Å²) in [6, 6.07) is 13.4. The SMILES string of the molecule is COc1ccc2cc(-c3[nH]ncc3CN(C)C[C@@H]3CCCN3C)ccc2c1. The highest BCUT2D eigenvalue weighted by Gasteiger charge is 2.22. The van der Waals surface area contributed by atoms with E-state index in [1.165, 1.54) is 41.3 Å². The smallest absolute Gasteiger partial charge is 0.119 e. The average molecular weight is 364 g/mol. The van der Waals surface area contributed by atoms with Gasteiger partial charge in [0.05, 0.1) is 19.0 Å². The van der Waals surface area contributed by atoms with Gasteiger partial charge in [0, 0.05) is 30.3 Å². The fourth-order valence-corrected chi connectivity index (χ4v) is 4.11. The largest absolute Gasteiger partial charge is 0.497 e. The van der Waals surface area contributed by atoms with Crippen LogP contribution in [0.1, 0.15) is 18.4 Å². The van der Waals surface area contributed by atoms with Gasteiger partial charge in [0.25, 0.3) is 0 Å². The molecule has 4 rings (SSSR count). The number of benzene rings is 2. The maximum Gasteiger partial charge on any atom is 0.119 e. The van der Waals surface area contributed by atoms with Gasteiger partial charge in [-0.1, -0.05) is 18.2 Å². The summed E-state index contributed by atoms with van der Waals surface area (Å²) in [5.41, 5.74) is 3.52. The Hall–Kier alpha value is -2.37. The highest BCUT2D eigenvalue weighted by atomic mass is 16.5. The quantitative estimate of drug-likeness (QED) is 0.723. The molecular weight excluding hydrogens is 336 g/mol. The van der Waals surface area contributed by atoms with Crippen LogP contribution < -0.4 is 4.74 Å². The molecule has 27 heavy (non-hydrogen) atoms. The molecular formula is C22H28N4O. The van der Waals surface area contributed by atoms with Crippen LogP contribution in [0.5, 0.6) is 5.75 Å². The van der Waals surface area contributed by atoms with E-state index in [9.17, 15) is 0 Å². The summed E-state index contributed by atoms with van der Waals surface area (Å²) in [6.45, 7) is 3.22. The second kappa shape index (κ2) is 7.71. The molecule has 5 heteroatoms. The third kappa shape index (κ3) is 3.84. The number of hydrogen-bond acceptors (Lipinski definition) is 4. The van der Waals surface area contributed by atoms with Crippen molar-refractivity contribution in [2.24, 2.45) is 0 Å². The number of fused-ring (bicyclic) bond motifs is 1. The molecule has 1 fully saturated rings. The Morgan fingerprint density at radius 1 is 1.22 bits per heavy atom. The van der Waals surface area contributed by atoms with Crippen molar-refractivity contribution in [1.29, 1.82) is 0 Å². The normalized spacial score (nSPS) is 17.9. The molecule has 0 saturated carbocycles. The molecule has 0 spiro atoms. The Kier molecular flexibility index (Phi) is 5.14. The number of methoxy groups -OCH3 is 1. The van der Waals surface area contributed by atoms with Crippen molar-refractivity contribution >= 4 is 10.8 Å². The molecule has 1 N–H and O–H groups in total. The molecule has 1 aromatic heterocycles. The molecule has 0 radical (unpaired) electrons. The third-order valence-electron chi connectivity index (χ3n) is 5.69. The van der Waals surface area contributed by atoms with Gasteiger partial charge >= 0.3 is 0 Å². The fourth-order valence-electron chi connectivity index (χ4n) is 4.11. The lowest BCUT2D eigenvalue weighted by molar-refractivity contribution is 0.215. The molecule has 0 aliphatic carbocycles. The lowest BCUT2D eigenvalue weighted by Gasteiger charge is -2.25. The van der Waals surface area contributed by atoms with E-state index in [0.717, 1.165) is 24.5 Å². The van der Waals surface area contributed by atoms with Crippen molar-refractivity contribution in [2.75, 3.05) is 34.3 Å². The Bertz CT molecular complexity index is 920. The number of likely N-dealkylation sites (tertiary alicyclic amines) is 1. The maximum atomic E-state index is 5.32. The lowest BCUT2D eigenvalue weighted by Crippen LogP contribution is -2.36. The van der Waals surface area contributed by atoms with E-state index in [-0.39, 0.29) is 0 Å². The van der Waals surface area contributed by atoms with Crippen LogP contribution in [0.3, 0.4) is 0 Å². The summed E-state index contributed by atoms with van der Waals surface area (Å²) in [4.78, 5) is 4.89. The van der Waals surface area contributed by atoms with Gasteiger partial charge in [-0.15, -0.1) is 0 Å². The van der Waals surface area contributed by atoms with Gasteiger partial charge in [-0.05, 0) is 62.5 Å². The highest BCUT2D eigenvalue weighted by Crippen LogP contribution is 2.28. The van der Waals surface area contributed by atoms with Gasteiger partial charge < -0.3 is 14.5 Å². The third-order valence-corrected chi connectivity index (χ3v) is 5.69. The van der Waals surface area contributed by atoms with Crippen LogP contribution in [0.15, 0.2) is 42.6 Å². The minimum atomic E-state index is 0.668. The second-order valence-electron chi connectivity index (χ2n) is 7.67. The van der Waals surface area contributed by atoms with E-state index in [1.54, 1.807) is 7.11 Å². The van der Waals surface area contributed by atoms with Crippen molar-refractivity contribution in [3.8, 4) is 17.0 Å². The topological polar surface area (TPSA) is 44.4 Å². The number of aromatic amines is 1. The van der Waals surface area contributed by atoms with E-state index >= 15 is 0 Å². The first kappa shape index (κ1) is 18.0. The molecule has 1 saturated heterocycles. The Morgan fingerprint density at radius 2 is 2.04 bits per heavy atom. The van der Waals surface area contributed by atoms with Crippen LogP contribution in [0.4, 0.5) is 0 Å².